The Balaban J connectivity index is 1.77. The Bertz CT molecular complexity index is 941. The molecule has 1 aliphatic rings. The minimum absolute atomic E-state index is 0.0634. The smallest absolute Gasteiger partial charge is 0.253 e. The van der Waals surface area contributed by atoms with E-state index >= 15 is 0 Å². The molecule has 0 radical (unpaired) electrons. The van der Waals surface area contributed by atoms with E-state index in [1.54, 1.807) is 11.0 Å². The maximum absolute atomic E-state index is 13.3. The van der Waals surface area contributed by atoms with Gasteiger partial charge in [-0.15, -0.1) is 0 Å². The number of nitrogens with one attached hydrogen (secondary N) is 1. The van der Waals surface area contributed by atoms with E-state index < -0.39 is 10.0 Å². The maximum Gasteiger partial charge on any atom is 0.253 e. The van der Waals surface area contributed by atoms with Gasteiger partial charge < -0.3 is 10.2 Å². The Morgan fingerprint density at radius 3 is 2.47 bits per heavy atom. The van der Waals surface area contributed by atoms with Crippen LogP contribution in [0.15, 0.2) is 54.6 Å². The maximum atomic E-state index is 13.3. The molecule has 1 amide bonds. The van der Waals surface area contributed by atoms with Crippen molar-refractivity contribution in [3.63, 3.8) is 0 Å². The molecule has 1 atom stereocenters. The number of nitrogens with zero attached hydrogens (tertiary/aromatic N) is 2. The molecule has 6 nitrogen and oxygen atoms in total. The van der Waals surface area contributed by atoms with Gasteiger partial charge in [-0.25, -0.2) is 8.42 Å². The summed E-state index contributed by atoms with van der Waals surface area (Å²) in [4.78, 5) is 15.0. The Morgan fingerprint density at radius 1 is 1.10 bits per heavy atom. The Morgan fingerprint density at radius 2 is 1.80 bits per heavy atom. The van der Waals surface area contributed by atoms with Crippen molar-refractivity contribution in [3.8, 4) is 0 Å². The highest BCUT2D eigenvalue weighted by Gasteiger charge is 2.26. The second kappa shape index (κ2) is 10.2. The van der Waals surface area contributed by atoms with Crippen LogP contribution in [0.4, 0.5) is 0 Å². The molecule has 2 aromatic carbocycles. The van der Waals surface area contributed by atoms with Gasteiger partial charge in [0, 0.05) is 44.8 Å². The number of piperazine rings is 1. The standard InChI is InChI=1S/C23H31N3O3S/c1-19-7-6-10-22(17-19)23(27)25(18-20(2)21-8-4-3-5-9-21)15-16-30(28,29)26-13-11-24-12-14-26/h3-10,17,20,24H,11-16,18H2,1-2H3/t20-/m0/s1. The van der Waals surface area contributed by atoms with Gasteiger partial charge in [-0.05, 0) is 30.5 Å². The first-order chi connectivity index (χ1) is 14.4. The molecule has 1 fully saturated rings. The lowest BCUT2D eigenvalue weighted by atomic mass is 10.0. The van der Waals surface area contributed by atoms with Gasteiger partial charge in [-0.2, -0.15) is 4.31 Å². The highest BCUT2D eigenvalue weighted by atomic mass is 32.2. The molecular formula is C23H31N3O3S. The number of hydrogen-bond acceptors (Lipinski definition) is 4. The summed E-state index contributed by atoms with van der Waals surface area (Å²) >= 11 is 0. The molecule has 0 saturated carbocycles. The van der Waals surface area contributed by atoms with Crippen LogP contribution < -0.4 is 5.32 Å². The van der Waals surface area contributed by atoms with Crippen LogP contribution >= 0.6 is 0 Å². The molecule has 2 aromatic rings. The van der Waals surface area contributed by atoms with Gasteiger partial charge in [-0.1, -0.05) is 55.0 Å². The first-order valence-corrected chi connectivity index (χ1v) is 12.1. The van der Waals surface area contributed by atoms with Crippen LogP contribution in [0.25, 0.3) is 0 Å². The van der Waals surface area contributed by atoms with E-state index in [1.165, 1.54) is 4.31 Å². The summed E-state index contributed by atoms with van der Waals surface area (Å²) in [7, 11) is -3.40. The highest BCUT2D eigenvalue weighted by Crippen LogP contribution is 2.18. The second-order valence-electron chi connectivity index (χ2n) is 7.90. The average Bonchev–Trinajstić information content (AvgIpc) is 2.77. The Labute approximate surface area is 179 Å². The summed E-state index contributed by atoms with van der Waals surface area (Å²) in [5, 5.41) is 3.17. The van der Waals surface area contributed by atoms with Crippen molar-refractivity contribution in [2.75, 3.05) is 45.0 Å². The SMILES string of the molecule is Cc1cccc(C(=O)N(CCS(=O)(=O)N2CCNCC2)C[C@H](C)c2ccccc2)c1. The quantitative estimate of drug-likeness (QED) is 0.700. The monoisotopic (exact) mass is 429 g/mol. The lowest BCUT2D eigenvalue weighted by Crippen LogP contribution is -2.48. The van der Waals surface area contributed by atoms with Crippen molar-refractivity contribution in [3.05, 3.63) is 71.3 Å². The van der Waals surface area contributed by atoms with E-state index in [0.717, 1.165) is 11.1 Å². The van der Waals surface area contributed by atoms with E-state index in [2.05, 4.69) is 12.2 Å². The van der Waals surface area contributed by atoms with Crippen LogP contribution in [0, 0.1) is 6.92 Å². The van der Waals surface area contributed by atoms with Gasteiger partial charge in [0.05, 0.1) is 5.75 Å². The van der Waals surface area contributed by atoms with Crippen molar-refractivity contribution in [1.29, 1.82) is 0 Å². The third-order valence-electron chi connectivity index (χ3n) is 5.50. The predicted octanol–water partition coefficient (Wildman–Crippen LogP) is 2.48. The average molecular weight is 430 g/mol. The molecule has 0 bridgehead atoms. The van der Waals surface area contributed by atoms with Gasteiger partial charge in [0.1, 0.15) is 0 Å². The van der Waals surface area contributed by atoms with E-state index in [4.69, 9.17) is 0 Å². The summed E-state index contributed by atoms with van der Waals surface area (Å²) in [5.41, 5.74) is 2.73. The lowest BCUT2D eigenvalue weighted by Gasteiger charge is -2.30. The molecule has 1 N–H and O–H groups in total. The number of rotatable bonds is 8. The molecule has 162 valence electrons. The van der Waals surface area contributed by atoms with Crippen molar-refractivity contribution >= 4 is 15.9 Å². The minimum Gasteiger partial charge on any atom is -0.337 e. The molecule has 3 rings (SSSR count). The van der Waals surface area contributed by atoms with Crippen LogP contribution in [0.2, 0.25) is 0 Å². The molecule has 1 aliphatic heterocycles. The lowest BCUT2D eigenvalue weighted by molar-refractivity contribution is 0.0757. The minimum atomic E-state index is -3.40. The third-order valence-corrected chi connectivity index (χ3v) is 7.35. The number of amides is 1. The zero-order valence-corrected chi connectivity index (χ0v) is 18.6. The first-order valence-electron chi connectivity index (χ1n) is 10.5. The number of benzene rings is 2. The zero-order chi connectivity index (χ0) is 21.6. The van der Waals surface area contributed by atoms with E-state index in [1.807, 2.05) is 55.5 Å². The topological polar surface area (TPSA) is 69.7 Å². The van der Waals surface area contributed by atoms with Crippen LogP contribution in [-0.2, 0) is 10.0 Å². The number of carbonyl (C=O) groups is 1. The fourth-order valence-electron chi connectivity index (χ4n) is 3.73. The van der Waals surface area contributed by atoms with Gasteiger partial charge in [0.15, 0.2) is 0 Å². The molecule has 1 saturated heterocycles. The predicted molar refractivity (Wildman–Crippen MR) is 120 cm³/mol. The van der Waals surface area contributed by atoms with E-state index in [0.29, 0.717) is 38.3 Å². The summed E-state index contributed by atoms with van der Waals surface area (Å²) in [6.45, 7) is 6.94. The fourth-order valence-corrected chi connectivity index (χ4v) is 5.18. The van der Waals surface area contributed by atoms with Gasteiger partial charge >= 0.3 is 0 Å². The highest BCUT2D eigenvalue weighted by molar-refractivity contribution is 7.89. The van der Waals surface area contributed by atoms with E-state index in [9.17, 15) is 13.2 Å². The molecular weight excluding hydrogens is 398 g/mol. The number of carbonyl (C=O) groups excluding carboxylic acids is 1. The normalized spacial score (nSPS) is 16.2. The molecule has 0 aromatic heterocycles. The molecule has 30 heavy (non-hydrogen) atoms. The van der Waals surface area contributed by atoms with Crippen LogP contribution in [0.1, 0.15) is 34.3 Å². The summed E-state index contributed by atoms with van der Waals surface area (Å²) in [6, 6.07) is 17.5. The largest absolute Gasteiger partial charge is 0.337 e. The number of hydrogen-bond donors (Lipinski definition) is 1. The third kappa shape index (κ3) is 5.90. The van der Waals surface area contributed by atoms with Crippen LogP contribution in [0.3, 0.4) is 0 Å². The summed E-state index contributed by atoms with van der Waals surface area (Å²) in [5.74, 6) is -0.0923. The summed E-state index contributed by atoms with van der Waals surface area (Å²) < 4.78 is 27.2. The Hall–Kier alpha value is -2.22. The molecule has 0 spiro atoms. The molecule has 1 heterocycles. The van der Waals surface area contributed by atoms with Crippen molar-refractivity contribution in [2.24, 2.45) is 0 Å². The van der Waals surface area contributed by atoms with Crippen LogP contribution in [0.5, 0.6) is 0 Å². The molecule has 0 unspecified atom stereocenters. The number of aryl methyl sites for hydroxylation is 1. The summed E-state index contributed by atoms with van der Waals surface area (Å²) in [6.07, 6.45) is 0. The molecule has 7 heteroatoms. The van der Waals surface area contributed by atoms with E-state index in [-0.39, 0.29) is 24.1 Å². The van der Waals surface area contributed by atoms with Crippen molar-refractivity contribution in [2.45, 2.75) is 19.8 Å². The van der Waals surface area contributed by atoms with Gasteiger partial charge in [0.25, 0.3) is 5.91 Å². The van der Waals surface area contributed by atoms with Crippen molar-refractivity contribution in [1.82, 2.24) is 14.5 Å². The van der Waals surface area contributed by atoms with Gasteiger partial charge in [-0.3, -0.25) is 4.79 Å². The van der Waals surface area contributed by atoms with Crippen LogP contribution in [-0.4, -0.2) is 68.6 Å². The number of sulfonamides is 1. The molecule has 0 aliphatic carbocycles. The Kier molecular flexibility index (Phi) is 7.64. The van der Waals surface area contributed by atoms with Gasteiger partial charge in [0.2, 0.25) is 10.0 Å². The zero-order valence-electron chi connectivity index (χ0n) is 17.8. The first kappa shape index (κ1) is 22.5. The van der Waals surface area contributed by atoms with Crippen molar-refractivity contribution < 1.29 is 13.2 Å². The second-order valence-corrected chi connectivity index (χ2v) is 9.99. The fraction of sp³-hybridized carbons (Fsp3) is 0.435.